The van der Waals surface area contributed by atoms with Crippen LogP contribution in [0.5, 0.6) is 0 Å². The molecule has 0 amide bonds. The summed E-state index contributed by atoms with van der Waals surface area (Å²) >= 11 is 5.82. The van der Waals surface area contributed by atoms with Crippen LogP contribution in [-0.4, -0.2) is 16.2 Å². The van der Waals surface area contributed by atoms with Crippen molar-refractivity contribution in [2.45, 2.75) is 26.7 Å². The van der Waals surface area contributed by atoms with Crippen LogP contribution in [0.15, 0.2) is 23.3 Å². The van der Waals surface area contributed by atoms with Gasteiger partial charge in [0, 0.05) is 23.3 Å². The number of guanidine groups is 1. The van der Waals surface area contributed by atoms with E-state index >= 15 is 0 Å². The van der Waals surface area contributed by atoms with Crippen molar-refractivity contribution in [2.24, 2.45) is 16.8 Å². The summed E-state index contributed by atoms with van der Waals surface area (Å²) in [4.78, 5) is 0. The van der Waals surface area contributed by atoms with Gasteiger partial charge in [-0.1, -0.05) is 17.7 Å². The van der Waals surface area contributed by atoms with Crippen molar-refractivity contribution in [3.8, 4) is 0 Å². The van der Waals surface area contributed by atoms with Crippen molar-refractivity contribution in [2.75, 3.05) is 0 Å². The molecule has 3 N–H and O–H groups in total. The van der Waals surface area contributed by atoms with E-state index in [-0.39, 0.29) is 5.96 Å². The van der Waals surface area contributed by atoms with Gasteiger partial charge in [0.05, 0.1) is 5.71 Å². The minimum atomic E-state index is -0.264. The van der Waals surface area contributed by atoms with Gasteiger partial charge in [-0.25, -0.2) is 0 Å². The van der Waals surface area contributed by atoms with Crippen LogP contribution in [0.2, 0.25) is 0 Å². The number of halogens is 1. The number of nitrogens with two attached hydrogens (primary N) is 1. The maximum Gasteiger partial charge on any atom is 0.225 e. The number of hydrogen-bond acceptors (Lipinski definition) is 2. The van der Waals surface area contributed by atoms with E-state index in [9.17, 15) is 0 Å². The highest BCUT2D eigenvalue weighted by Gasteiger charge is 2.30. The molecule has 0 spiro atoms. The molecular formula is C13H17ClN4. The normalized spacial score (nSPS) is 15.6. The molecule has 0 unspecified atom stereocenters. The molecule has 0 bridgehead atoms. The Balaban J connectivity index is 2.41. The molecule has 0 aliphatic heterocycles. The van der Waals surface area contributed by atoms with E-state index in [1.165, 1.54) is 11.1 Å². The first-order valence-corrected chi connectivity index (χ1v) is 6.29. The van der Waals surface area contributed by atoms with Gasteiger partial charge in [0.2, 0.25) is 5.96 Å². The molecule has 0 aromatic heterocycles. The Hall–Kier alpha value is -1.55. The third-order valence-electron chi connectivity index (χ3n) is 3.03. The maximum atomic E-state index is 7.28. The molecule has 1 saturated carbocycles. The predicted octanol–water partition coefficient (Wildman–Crippen LogP) is 2.77. The smallest absolute Gasteiger partial charge is 0.225 e. The molecule has 1 aromatic rings. The molecule has 1 fully saturated rings. The Bertz CT molecular complexity index is 506. The third kappa shape index (κ3) is 2.82. The van der Waals surface area contributed by atoms with E-state index in [2.05, 4.69) is 37.1 Å². The van der Waals surface area contributed by atoms with Gasteiger partial charge in [-0.15, -0.1) is 4.53 Å². The standard InChI is InChI=1S/C13H17ClN4/c1-8-3-4-9(2)11(7-8)12(10-5-6-10)17-18(14)13(15)16/h3-4,7,10H,5-6H2,1-2H3,(H3,15,16)/b17-12+. The van der Waals surface area contributed by atoms with Crippen LogP contribution in [0, 0.1) is 25.2 Å². The second kappa shape index (κ2) is 4.98. The van der Waals surface area contributed by atoms with E-state index in [1.807, 2.05) is 0 Å². The van der Waals surface area contributed by atoms with E-state index in [4.69, 9.17) is 22.9 Å². The molecule has 0 atom stereocenters. The number of benzene rings is 1. The second-order valence-electron chi connectivity index (χ2n) is 4.72. The van der Waals surface area contributed by atoms with Crippen LogP contribution in [-0.2, 0) is 0 Å². The van der Waals surface area contributed by atoms with Gasteiger partial charge < -0.3 is 5.73 Å². The SMILES string of the molecule is Cc1ccc(C)c(/C(=N/N(Cl)C(=N)N)C2CC2)c1. The summed E-state index contributed by atoms with van der Waals surface area (Å²) in [5.74, 6) is 0.172. The molecular weight excluding hydrogens is 248 g/mol. The highest BCUT2D eigenvalue weighted by molar-refractivity contribution is 6.21. The lowest BCUT2D eigenvalue weighted by Gasteiger charge is -2.13. The molecule has 0 saturated heterocycles. The average Bonchev–Trinajstić information content (AvgIpc) is 3.13. The maximum absolute atomic E-state index is 7.28. The lowest BCUT2D eigenvalue weighted by Crippen LogP contribution is -2.26. The zero-order chi connectivity index (χ0) is 13.3. The molecule has 1 aliphatic carbocycles. The van der Waals surface area contributed by atoms with Crippen LogP contribution in [0.25, 0.3) is 0 Å². The fourth-order valence-electron chi connectivity index (χ4n) is 1.87. The van der Waals surface area contributed by atoms with Crippen molar-refractivity contribution in [1.29, 1.82) is 5.41 Å². The Morgan fingerprint density at radius 3 is 2.67 bits per heavy atom. The lowest BCUT2D eigenvalue weighted by atomic mass is 9.99. The zero-order valence-corrected chi connectivity index (χ0v) is 11.3. The van der Waals surface area contributed by atoms with Crippen molar-refractivity contribution in [3.63, 3.8) is 0 Å². The Labute approximate surface area is 112 Å². The van der Waals surface area contributed by atoms with Gasteiger partial charge in [0.1, 0.15) is 0 Å². The number of aryl methyl sites for hydroxylation is 2. The predicted molar refractivity (Wildman–Crippen MR) is 74.8 cm³/mol. The fourth-order valence-corrected chi connectivity index (χ4v) is 1.95. The highest BCUT2D eigenvalue weighted by Crippen LogP contribution is 2.34. The average molecular weight is 265 g/mol. The second-order valence-corrected chi connectivity index (χ2v) is 5.04. The quantitative estimate of drug-likeness (QED) is 0.382. The summed E-state index contributed by atoms with van der Waals surface area (Å²) < 4.78 is 0.912. The van der Waals surface area contributed by atoms with Gasteiger partial charge in [-0.05, 0) is 38.3 Å². The van der Waals surface area contributed by atoms with E-state index in [0.29, 0.717) is 5.92 Å². The van der Waals surface area contributed by atoms with Gasteiger partial charge in [-0.3, -0.25) is 5.41 Å². The Morgan fingerprint density at radius 2 is 2.11 bits per heavy atom. The number of rotatable bonds is 3. The van der Waals surface area contributed by atoms with Crippen LogP contribution in [0.3, 0.4) is 0 Å². The molecule has 4 nitrogen and oxygen atoms in total. The minimum Gasteiger partial charge on any atom is -0.367 e. The number of nitrogens with one attached hydrogen (secondary N) is 1. The minimum absolute atomic E-state index is 0.264. The molecule has 1 aliphatic rings. The summed E-state index contributed by atoms with van der Waals surface area (Å²) in [6, 6.07) is 6.26. The van der Waals surface area contributed by atoms with Crippen LogP contribution in [0.4, 0.5) is 0 Å². The van der Waals surface area contributed by atoms with Crippen LogP contribution < -0.4 is 5.73 Å². The summed E-state index contributed by atoms with van der Waals surface area (Å²) in [7, 11) is 0. The number of hydrazone groups is 1. The van der Waals surface area contributed by atoms with Gasteiger partial charge in [0.15, 0.2) is 0 Å². The topological polar surface area (TPSA) is 65.5 Å². The third-order valence-corrected chi connectivity index (χ3v) is 3.29. The van der Waals surface area contributed by atoms with Crippen molar-refractivity contribution >= 4 is 23.4 Å². The first-order chi connectivity index (χ1) is 8.49. The van der Waals surface area contributed by atoms with E-state index in [1.54, 1.807) is 0 Å². The number of nitrogens with zero attached hydrogens (tertiary/aromatic N) is 2. The van der Waals surface area contributed by atoms with Crippen LogP contribution in [0.1, 0.15) is 29.5 Å². The molecule has 5 heteroatoms. The summed E-state index contributed by atoms with van der Waals surface area (Å²) in [5.41, 5.74) is 9.71. The zero-order valence-electron chi connectivity index (χ0n) is 10.6. The largest absolute Gasteiger partial charge is 0.367 e. The summed E-state index contributed by atoms with van der Waals surface area (Å²) in [6.45, 7) is 4.11. The molecule has 1 aromatic carbocycles. The van der Waals surface area contributed by atoms with E-state index < -0.39 is 0 Å². The number of hydrogen-bond donors (Lipinski definition) is 2. The molecule has 0 radical (unpaired) electrons. The Kier molecular flexibility index (Phi) is 3.57. The van der Waals surface area contributed by atoms with Crippen molar-refractivity contribution in [3.05, 3.63) is 34.9 Å². The lowest BCUT2D eigenvalue weighted by molar-refractivity contribution is 0.694. The van der Waals surface area contributed by atoms with Crippen molar-refractivity contribution in [1.82, 2.24) is 4.53 Å². The first kappa shape index (κ1) is 12.9. The summed E-state index contributed by atoms with van der Waals surface area (Å²) in [5, 5.41) is 11.6. The summed E-state index contributed by atoms with van der Waals surface area (Å²) in [6.07, 6.45) is 2.24. The first-order valence-electron chi connectivity index (χ1n) is 5.95. The molecule has 0 heterocycles. The Morgan fingerprint density at radius 1 is 1.44 bits per heavy atom. The molecule has 96 valence electrons. The highest BCUT2D eigenvalue weighted by atomic mass is 35.5. The van der Waals surface area contributed by atoms with Gasteiger partial charge in [0.25, 0.3) is 0 Å². The monoisotopic (exact) mass is 264 g/mol. The van der Waals surface area contributed by atoms with Crippen molar-refractivity contribution < 1.29 is 0 Å². The fraction of sp³-hybridized carbons (Fsp3) is 0.385. The van der Waals surface area contributed by atoms with Gasteiger partial charge >= 0.3 is 0 Å². The van der Waals surface area contributed by atoms with Crippen LogP contribution >= 0.6 is 11.8 Å². The molecule has 2 rings (SSSR count). The van der Waals surface area contributed by atoms with E-state index in [0.717, 1.165) is 28.6 Å². The molecule has 18 heavy (non-hydrogen) atoms. The van der Waals surface area contributed by atoms with Gasteiger partial charge in [-0.2, -0.15) is 5.10 Å².